The van der Waals surface area contributed by atoms with Crippen molar-refractivity contribution in [2.24, 2.45) is 0 Å². The topological polar surface area (TPSA) is 60.5 Å². The molecule has 0 radical (unpaired) electrons. The molecule has 0 N–H and O–H groups in total. The van der Waals surface area contributed by atoms with Gasteiger partial charge in [-0.2, -0.15) is 10.1 Å². The van der Waals surface area contributed by atoms with E-state index in [0.29, 0.717) is 32.3 Å². The Kier molecular flexibility index (Phi) is 11.2. The second kappa shape index (κ2) is 14.2. The minimum Gasteiger partial charge on any atom is -0.462 e. The molecular weight excluding hydrogens is 564 g/mol. The Morgan fingerprint density at radius 2 is 1.04 bits per heavy atom. The largest absolute Gasteiger partial charge is 0.462 e. The van der Waals surface area contributed by atoms with Gasteiger partial charge in [0.05, 0.1) is 6.10 Å². The summed E-state index contributed by atoms with van der Waals surface area (Å²) in [5.74, 6) is -0.152. The maximum absolute atomic E-state index is 13.0. The van der Waals surface area contributed by atoms with Crippen LogP contribution in [0.4, 0.5) is 0 Å². The van der Waals surface area contributed by atoms with Gasteiger partial charge in [0, 0.05) is 48.0 Å². The van der Waals surface area contributed by atoms with E-state index < -0.39 is 0 Å². The van der Waals surface area contributed by atoms with Gasteiger partial charge in [0.2, 0.25) is 0 Å². The smallest absolute Gasteiger partial charge is 0.306 e. The van der Waals surface area contributed by atoms with Gasteiger partial charge < -0.3 is 9.47 Å². The van der Waals surface area contributed by atoms with Crippen LogP contribution in [0.2, 0.25) is 0 Å². The summed E-state index contributed by atoms with van der Waals surface area (Å²) in [5.41, 5.74) is 1.31. The van der Waals surface area contributed by atoms with E-state index >= 15 is 0 Å². The molecule has 45 heavy (non-hydrogen) atoms. The summed E-state index contributed by atoms with van der Waals surface area (Å²) in [6, 6.07) is 20.6. The van der Waals surface area contributed by atoms with Gasteiger partial charge in [-0.1, -0.05) is 60.7 Å². The Balaban J connectivity index is 1.23. The molecule has 2 unspecified atom stereocenters. The van der Waals surface area contributed by atoms with Crippen molar-refractivity contribution in [3.8, 4) is 0 Å². The first-order valence-electron chi connectivity index (χ1n) is 16.9. The van der Waals surface area contributed by atoms with Crippen molar-refractivity contribution in [2.75, 3.05) is 6.61 Å². The summed E-state index contributed by atoms with van der Waals surface area (Å²) >= 11 is 0. The van der Waals surface area contributed by atoms with Crippen LogP contribution in [0.25, 0.3) is 0 Å². The average Bonchev–Trinajstić information content (AvgIpc) is 2.95. The quantitative estimate of drug-likeness (QED) is 0.173. The van der Waals surface area contributed by atoms with Gasteiger partial charge in [0.15, 0.2) is 0 Å². The lowest BCUT2D eigenvalue weighted by atomic mass is 9.80. The van der Waals surface area contributed by atoms with E-state index in [1.54, 1.807) is 0 Å². The van der Waals surface area contributed by atoms with Crippen LogP contribution < -0.4 is 0 Å². The van der Waals surface area contributed by atoms with E-state index in [-0.39, 0.29) is 52.5 Å². The fourth-order valence-corrected chi connectivity index (χ4v) is 7.71. The number of hydrogen-bond donors (Lipinski definition) is 0. The number of piperidine rings is 2. The first-order chi connectivity index (χ1) is 21.0. The molecule has 0 aromatic heterocycles. The normalized spacial score (nSPS) is 23.3. The minimum atomic E-state index is -0.296. The summed E-state index contributed by atoms with van der Waals surface area (Å²) in [6.45, 7) is 22.3. The van der Waals surface area contributed by atoms with Crippen molar-refractivity contribution in [3.05, 3.63) is 71.8 Å². The first-order valence-corrected chi connectivity index (χ1v) is 16.9. The number of nitrogens with zero attached hydrogens (tertiary/aromatic N) is 2. The maximum atomic E-state index is 13.0. The van der Waals surface area contributed by atoms with E-state index in [1.807, 2.05) is 24.3 Å². The van der Waals surface area contributed by atoms with E-state index in [2.05, 4.69) is 116 Å². The molecule has 7 heteroatoms. The third kappa shape index (κ3) is 9.17. The molecule has 2 aliphatic heterocycles. The van der Waals surface area contributed by atoms with Crippen LogP contribution >= 0.6 is 0 Å². The van der Waals surface area contributed by atoms with Crippen molar-refractivity contribution in [3.63, 3.8) is 0 Å². The molecule has 7 nitrogen and oxygen atoms in total. The molecule has 2 fully saturated rings. The predicted octanol–water partition coefficient (Wildman–Crippen LogP) is 8.76. The Labute approximate surface area is 272 Å². The molecule has 250 valence electrons. The number of rotatable bonds is 12. The summed E-state index contributed by atoms with van der Waals surface area (Å²) in [4.78, 5) is 26.1. The highest BCUT2D eigenvalue weighted by molar-refractivity contribution is 5.69. The van der Waals surface area contributed by atoms with E-state index in [1.165, 1.54) is 0 Å². The second-order valence-corrected chi connectivity index (χ2v) is 15.7. The van der Waals surface area contributed by atoms with Crippen LogP contribution in [-0.4, -0.2) is 57.1 Å². The number of hydrogen-bond acceptors (Lipinski definition) is 7. The number of ether oxygens (including phenoxy) is 2. The van der Waals surface area contributed by atoms with Crippen molar-refractivity contribution in [1.82, 2.24) is 10.1 Å². The molecular formula is C38H58N2O5. The fourth-order valence-electron chi connectivity index (χ4n) is 7.71. The van der Waals surface area contributed by atoms with Crippen LogP contribution in [0.3, 0.4) is 0 Å². The number of carbonyl (C=O) groups excluding carboxylic acids is 1. The van der Waals surface area contributed by atoms with Gasteiger partial charge in [0.1, 0.15) is 18.3 Å². The lowest BCUT2D eigenvalue weighted by Crippen LogP contribution is -2.62. The number of esters is 1. The lowest BCUT2D eigenvalue weighted by Gasteiger charge is -2.54. The monoisotopic (exact) mass is 622 g/mol. The molecule has 2 heterocycles. The first kappa shape index (κ1) is 35.6. The van der Waals surface area contributed by atoms with Crippen LogP contribution in [0.1, 0.15) is 131 Å². The zero-order valence-corrected chi connectivity index (χ0v) is 29.5. The predicted molar refractivity (Wildman–Crippen MR) is 179 cm³/mol. The standard InChI is InChI=1S/C38H58N2O5/c1-28(30-18-13-11-14-19-30)44-39-35(3,4)24-32(25-36(39,5)6)42-23-17-22-34(41)43-33-26-37(7,8)40(38(9,10)27-33)45-29(2)31-20-15-12-16-21-31/h11-16,18-21,28-29,32-33H,17,22-27H2,1-10H3. The summed E-state index contributed by atoms with van der Waals surface area (Å²) in [7, 11) is 0. The highest BCUT2D eigenvalue weighted by Crippen LogP contribution is 2.43. The highest BCUT2D eigenvalue weighted by Gasteiger charge is 2.49. The van der Waals surface area contributed by atoms with E-state index in [4.69, 9.17) is 19.1 Å². The maximum Gasteiger partial charge on any atom is 0.306 e. The van der Waals surface area contributed by atoms with Gasteiger partial charge in [0.25, 0.3) is 0 Å². The van der Waals surface area contributed by atoms with Crippen molar-refractivity contribution in [2.45, 2.75) is 154 Å². The van der Waals surface area contributed by atoms with Gasteiger partial charge in [-0.15, -0.1) is 0 Å². The molecule has 4 rings (SSSR count). The van der Waals surface area contributed by atoms with Crippen LogP contribution in [0.5, 0.6) is 0 Å². The molecule has 2 atom stereocenters. The zero-order valence-electron chi connectivity index (χ0n) is 29.5. The third-order valence-corrected chi connectivity index (χ3v) is 9.35. The number of carbonyl (C=O) groups is 1. The van der Waals surface area contributed by atoms with Crippen LogP contribution in [0.15, 0.2) is 60.7 Å². The molecule has 0 saturated carbocycles. The van der Waals surface area contributed by atoms with Crippen molar-refractivity contribution >= 4 is 5.97 Å². The van der Waals surface area contributed by atoms with Crippen LogP contribution in [-0.2, 0) is 23.9 Å². The molecule has 2 aliphatic rings. The van der Waals surface area contributed by atoms with Gasteiger partial charge in [-0.3, -0.25) is 14.5 Å². The lowest BCUT2D eigenvalue weighted by molar-refractivity contribution is -0.315. The Morgan fingerprint density at radius 3 is 1.44 bits per heavy atom. The van der Waals surface area contributed by atoms with Crippen molar-refractivity contribution in [1.29, 1.82) is 0 Å². The van der Waals surface area contributed by atoms with Gasteiger partial charge in [-0.05, 0) is 99.6 Å². The number of benzene rings is 2. The molecule has 0 bridgehead atoms. The van der Waals surface area contributed by atoms with E-state index in [9.17, 15) is 4.79 Å². The third-order valence-electron chi connectivity index (χ3n) is 9.35. The molecule has 0 spiro atoms. The molecule has 0 aliphatic carbocycles. The summed E-state index contributed by atoms with van der Waals surface area (Å²) in [6.07, 6.45) is 3.98. The SMILES string of the molecule is CC(ON1C(C)(C)CC(OCCCC(=O)OC2CC(C)(C)N(OC(C)c3ccccc3)C(C)(C)C2)CC1(C)C)c1ccccc1. The van der Waals surface area contributed by atoms with E-state index in [0.717, 1.165) is 24.0 Å². The molecule has 2 aromatic carbocycles. The Hall–Kier alpha value is -2.29. The molecule has 0 amide bonds. The summed E-state index contributed by atoms with van der Waals surface area (Å²) < 4.78 is 12.4. The van der Waals surface area contributed by atoms with Gasteiger partial charge in [-0.25, -0.2) is 0 Å². The highest BCUT2D eigenvalue weighted by atomic mass is 16.7. The Morgan fingerprint density at radius 1 is 0.667 bits per heavy atom. The molecule has 2 aromatic rings. The number of hydroxylamine groups is 4. The molecule has 2 saturated heterocycles. The zero-order chi connectivity index (χ0) is 33.0. The van der Waals surface area contributed by atoms with Crippen molar-refractivity contribution < 1.29 is 23.9 Å². The average molecular weight is 623 g/mol. The fraction of sp³-hybridized carbons (Fsp3) is 0.658. The second-order valence-electron chi connectivity index (χ2n) is 15.7. The summed E-state index contributed by atoms with van der Waals surface area (Å²) in [5, 5.41) is 4.30. The Bertz CT molecular complexity index is 1190. The van der Waals surface area contributed by atoms with Crippen LogP contribution in [0, 0.1) is 0 Å². The van der Waals surface area contributed by atoms with Gasteiger partial charge >= 0.3 is 5.97 Å². The minimum absolute atomic E-state index is 0.0398.